The number of nitrogens with zero attached hydrogens (tertiary/aromatic N) is 2. The molecule has 2 fully saturated rings. The average molecular weight is 309 g/mol. The van der Waals surface area contributed by atoms with Crippen molar-refractivity contribution in [1.29, 1.82) is 0 Å². The lowest BCUT2D eigenvalue weighted by molar-refractivity contribution is 0.124. The molecular formula is C20H40N2. The van der Waals surface area contributed by atoms with Crippen LogP contribution in [0, 0.1) is 17.8 Å². The highest BCUT2D eigenvalue weighted by Crippen LogP contribution is 2.25. The minimum Gasteiger partial charge on any atom is -0.306 e. The van der Waals surface area contributed by atoms with Crippen molar-refractivity contribution in [2.75, 3.05) is 39.8 Å². The molecule has 0 N–H and O–H groups in total. The molecule has 0 aromatic rings. The van der Waals surface area contributed by atoms with Crippen molar-refractivity contribution in [3.63, 3.8) is 0 Å². The van der Waals surface area contributed by atoms with Gasteiger partial charge in [0.15, 0.2) is 0 Å². The van der Waals surface area contributed by atoms with Gasteiger partial charge in [-0.2, -0.15) is 0 Å². The summed E-state index contributed by atoms with van der Waals surface area (Å²) in [6.45, 7) is 11.5. The van der Waals surface area contributed by atoms with Gasteiger partial charge in [0.1, 0.15) is 0 Å². The van der Waals surface area contributed by atoms with E-state index in [0.29, 0.717) is 0 Å². The molecule has 2 aliphatic rings. The third-order valence-corrected chi connectivity index (χ3v) is 5.96. The Kier molecular flexibility index (Phi) is 8.24. The Morgan fingerprint density at radius 2 is 1.45 bits per heavy atom. The van der Waals surface area contributed by atoms with Gasteiger partial charge in [-0.1, -0.05) is 46.0 Å². The van der Waals surface area contributed by atoms with Crippen LogP contribution in [0.1, 0.15) is 71.6 Å². The lowest BCUT2D eigenvalue weighted by Crippen LogP contribution is -2.40. The summed E-state index contributed by atoms with van der Waals surface area (Å²) >= 11 is 0. The number of rotatable bonds is 8. The first kappa shape index (κ1) is 18.3. The molecular weight excluding hydrogens is 268 g/mol. The van der Waals surface area contributed by atoms with Gasteiger partial charge in [0.05, 0.1) is 0 Å². The smallest absolute Gasteiger partial charge is 0.00106 e. The van der Waals surface area contributed by atoms with Crippen molar-refractivity contribution in [2.45, 2.75) is 71.6 Å². The van der Waals surface area contributed by atoms with Crippen LogP contribution >= 0.6 is 0 Å². The summed E-state index contributed by atoms with van der Waals surface area (Å²) in [5.74, 6) is 2.90. The lowest BCUT2D eigenvalue weighted by atomic mass is 9.89. The van der Waals surface area contributed by atoms with Crippen molar-refractivity contribution < 1.29 is 0 Å². The maximum atomic E-state index is 2.77. The molecule has 0 amide bonds. The van der Waals surface area contributed by atoms with Crippen molar-refractivity contribution >= 4 is 0 Å². The molecule has 2 heteroatoms. The number of likely N-dealkylation sites (tertiary alicyclic amines) is 2. The standard InChI is InChI=1S/C20H40N2/c1-18(2)7-5-4-6-8-19-11-15-22(16-12-19)17-20-9-13-21(3)14-10-20/h18-20H,4-17H2,1-3H3. The molecule has 0 bridgehead atoms. The Hall–Kier alpha value is -0.0800. The van der Waals surface area contributed by atoms with Crippen LogP contribution in [0.3, 0.4) is 0 Å². The highest BCUT2D eigenvalue weighted by molar-refractivity contribution is 4.77. The van der Waals surface area contributed by atoms with Gasteiger partial charge in [0, 0.05) is 6.54 Å². The Labute approximate surface area is 139 Å². The van der Waals surface area contributed by atoms with Crippen LogP contribution in [0.4, 0.5) is 0 Å². The second-order valence-corrected chi connectivity index (χ2v) is 8.52. The van der Waals surface area contributed by atoms with Gasteiger partial charge in [-0.3, -0.25) is 0 Å². The summed E-state index contributed by atoms with van der Waals surface area (Å²) in [6.07, 6.45) is 13.1. The van der Waals surface area contributed by atoms with E-state index >= 15 is 0 Å². The summed E-state index contributed by atoms with van der Waals surface area (Å²) < 4.78 is 0. The fourth-order valence-electron chi connectivity index (χ4n) is 4.23. The zero-order valence-corrected chi connectivity index (χ0v) is 15.5. The molecule has 0 atom stereocenters. The summed E-state index contributed by atoms with van der Waals surface area (Å²) in [5.41, 5.74) is 0. The first-order valence-electron chi connectivity index (χ1n) is 10.0. The predicted octanol–water partition coefficient (Wildman–Crippen LogP) is 4.65. The molecule has 0 spiro atoms. The van der Waals surface area contributed by atoms with Crippen molar-refractivity contribution in [2.24, 2.45) is 17.8 Å². The van der Waals surface area contributed by atoms with Gasteiger partial charge >= 0.3 is 0 Å². The zero-order chi connectivity index (χ0) is 15.8. The minimum atomic E-state index is 0.891. The second-order valence-electron chi connectivity index (χ2n) is 8.52. The first-order valence-corrected chi connectivity index (χ1v) is 10.0. The van der Waals surface area contributed by atoms with Crippen LogP contribution < -0.4 is 0 Å². The summed E-state index contributed by atoms with van der Waals surface area (Å²) in [7, 11) is 2.27. The average Bonchev–Trinajstić information content (AvgIpc) is 2.50. The SMILES string of the molecule is CC(C)CCCCCC1CCN(CC2CCN(C)CC2)CC1. The van der Waals surface area contributed by atoms with E-state index in [9.17, 15) is 0 Å². The highest BCUT2D eigenvalue weighted by Gasteiger charge is 2.23. The van der Waals surface area contributed by atoms with Crippen molar-refractivity contribution in [3.8, 4) is 0 Å². The maximum absolute atomic E-state index is 2.77. The van der Waals surface area contributed by atoms with Crippen LogP contribution in [0.2, 0.25) is 0 Å². The van der Waals surface area contributed by atoms with Crippen molar-refractivity contribution in [1.82, 2.24) is 9.80 Å². The highest BCUT2D eigenvalue weighted by atomic mass is 15.1. The molecule has 0 aliphatic carbocycles. The van der Waals surface area contributed by atoms with Crippen LogP contribution in [0.5, 0.6) is 0 Å². The summed E-state index contributed by atoms with van der Waals surface area (Å²) in [4.78, 5) is 5.26. The molecule has 0 unspecified atom stereocenters. The third kappa shape index (κ3) is 7.00. The van der Waals surface area contributed by atoms with Crippen LogP contribution in [-0.4, -0.2) is 49.6 Å². The number of unbranched alkanes of at least 4 members (excludes halogenated alkanes) is 2. The van der Waals surface area contributed by atoms with Gasteiger partial charge in [-0.25, -0.2) is 0 Å². The third-order valence-electron chi connectivity index (χ3n) is 5.96. The number of hydrogen-bond acceptors (Lipinski definition) is 2. The molecule has 0 aromatic heterocycles. The number of hydrogen-bond donors (Lipinski definition) is 0. The largest absolute Gasteiger partial charge is 0.306 e. The lowest BCUT2D eigenvalue weighted by Gasteiger charge is -2.37. The zero-order valence-electron chi connectivity index (χ0n) is 15.5. The van der Waals surface area contributed by atoms with Crippen LogP contribution in [0.25, 0.3) is 0 Å². The Morgan fingerprint density at radius 1 is 0.818 bits per heavy atom. The van der Waals surface area contributed by atoms with E-state index in [1.54, 1.807) is 0 Å². The Balaban J connectivity index is 1.50. The van der Waals surface area contributed by atoms with E-state index in [1.165, 1.54) is 90.5 Å². The van der Waals surface area contributed by atoms with E-state index in [4.69, 9.17) is 0 Å². The Bertz CT molecular complexity index is 273. The fourth-order valence-corrected chi connectivity index (χ4v) is 4.23. The van der Waals surface area contributed by atoms with Gasteiger partial charge in [0.25, 0.3) is 0 Å². The Morgan fingerprint density at radius 3 is 2.09 bits per heavy atom. The predicted molar refractivity (Wildman–Crippen MR) is 97.3 cm³/mol. The van der Waals surface area contributed by atoms with Gasteiger partial charge in [0.2, 0.25) is 0 Å². The monoisotopic (exact) mass is 308 g/mol. The molecule has 2 saturated heterocycles. The fraction of sp³-hybridized carbons (Fsp3) is 1.00. The molecule has 130 valence electrons. The van der Waals surface area contributed by atoms with E-state index in [0.717, 1.165) is 17.8 Å². The molecule has 22 heavy (non-hydrogen) atoms. The van der Waals surface area contributed by atoms with E-state index in [2.05, 4.69) is 30.7 Å². The normalized spacial score (nSPS) is 23.5. The topological polar surface area (TPSA) is 6.48 Å². The second kappa shape index (κ2) is 9.93. The molecule has 2 aliphatic heterocycles. The molecule has 2 heterocycles. The molecule has 0 radical (unpaired) electrons. The maximum Gasteiger partial charge on any atom is 0.00106 e. The van der Waals surface area contributed by atoms with E-state index in [1.807, 2.05) is 0 Å². The first-order chi connectivity index (χ1) is 10.6. The van der Waals surface area contributed by atoms with Gasteiger partial charge in [-0.15, -0.1) is 0 Å². The van der Waals surface area contributed by atoms with E-state index in [-0.39, 0.29) is 0 Å². The van der Waals surface area contributed by atoms with Gasteiger partial charge in [-0.05, 0) is 76.7 Å². The van der Waals surface area contributed by atoms with E-state index < -0.39 is 0 Å². The molecule has 2 nitrogen and oxygen atoms in total. The molecule has 0 saturated carbocycles. The molecule has 0 aromatic carbocycles. The summed E-state index contributed by atoms with van der Waals surface area (Å²) in [5, 5.41) is 0. The minimum absolute atomic E-state index is 0.891. The number of piperidine rings is 2. The quantitative estimate of drug-likeness (QED) is 0.602. The van der Waals surface area contributed by atoms with Crippen LogP contribution in [0.15, 0.2) is 0 Å². The van der Waals surface area contributed by atoms with Gasteiger partial charge < -0.3 is 9.80 Å². The summed E-state index contributed by atoms with van der Waals surface area (Å²) in [6, 6.07) is 0. The van der Waals surface area contributed by atoms with Crippen molar-refractivity contribution in [3.05, 3.63) is 0 Å². The molecule has 2 rings (SSSR count). The van der Waals surface area contributed by atoms with Crippen LogP contribution in [-0.2, 0) is 0 Å².